The summed E-state index contributed by atoms with van der Waals surface area (Å²) in [4.78, 5) is 13.9. The fourth-order valence-corrected chi connectivity index (χ4v) is 3.71. The second-order valence-corrected chi connectivity index (χ2v) is 6.94. The molecule has 2 aromatic heterocycles. The number of thioether (sulfide) groups is 1. The van der Waals surface area contributed by atoms with E-state index in [0.717, 1.165) is 35.4 Å². The predicted molar refractivity (Wildman–Crippen MR) is 93.5 cm³/mol. The Morgan fingerprint density at radius 2 is 2.27 bits per heavy atom. The number of hydrogen-bond acceptors (Lipinski definition) is 3. The van der Waals surface area contributed by atoms with Crippen LogP contribution in [0.15, 0.2) is 53.6 Å². The molecule has 1 unspecified atom stereocenters. The van der Waals surface area contributed by atoms with Crippen LogP contribution in [-0.2, 0) is 0 Å². The molecule has 22 heavy (non-hydrogen) atoms. The first kappa shape index (κ1) is 13.6. The number of rotatable bonds is 2. The number of H-pyrrole nitrogens is 1. The van der Waals surface area contributed by atoms with Gasteiger partial charge in [0.1, 0.15) is 5.82 Å². The molecular weight excluding hydrogens is 290 g/mol. The third kappa shape index (κ3) is 2.55. The van der Waals surface area contributed by atoms with Crippen LogP contribution in [0.3, 0.4) is 0 Å². The highest BCUT2D eigenvalue weighted by atomic mass is 32.2. The van der Waals surface area contributed by atoms with Gasteiger partial charge in [-0.05, 0) is 36.3 Å². The molecule has 0 amide bonds. The molecule has 1 N–H and O–H groups in total. The fraction of sp³-hybridized carbons (Fsp3) is 0.222. The lowest BCUT2D eigenvalue weighted by Gasteiger charge is -2.12. The number of allylic oxidation sites excluding steroid dienone is 7. The fourth-order valence-electron chi connectivity index (χ4n) is 2.76. The molecule has 3 nitrogen and oxygen atoms in total. The molecule has 0 spiro atoms. The topological polar surface area (TPSA) is 41.6 Å². The van der Waals surface area contributed by atoms with Gasteiger partial charge in [-0.2, -0.15) is 0 Å². The van der Waals surface area contributed by atoms with Crippen LogP contribution in [0.4, 0.5) is 0 Å². The second-order valence-electron chi connectivity index (χ2n) is 5.56. The number of pyridine rings is 1. The van der Waals surface area contributed by atoms with E-state index in [1.807, 2.05) is 18.0 Å². The standard InChI is InChI=1S/C18H17N3S/c1-12-6-5-9-16(22-12)18-20-15-10-14(11-19-17(15)21-18)13-7-3-2-4-8-13/h3,5-11,16H,2,4H2,1H3,(H,19,20,21). The van der Waals surface area contributed by atoms with Gasteiger partial charge >= 0.3 is 0 Å². The molecule has 0 radical (unpaired) electrons. The number of aromatic amines is 1. The van der Waals surface area contributed by atoms with Crippen molar-refractivity contribution in [2.24, 2.45) is 0 Å². The van der Waals surface area contributed by atoms with E-state index < -0.39 is 0 Å². The van der Waals surface area contributed by atoms with Crippen molar-refractivity contribution in [2.75, 3.05) is 0 Å². The van der Waals surface area contributed by atoms with Crippen LogP contribution in [-0.4, -0.2) is 15.0 Å². The summed E-state index contributed by atoms with van der Waals surface area (Å²) in [6.07, 6.45) is 17.2. The lowest BCUT2D eigenvalue weighted by atomic mass is 10.0. The SMILES string of the molecule is CC1=CC=CC(c2nc3ncc(C4=CCCC=C4)cc3[nH]2)S1. The quantitative estimate of drug-likeness (QED) is 0.854. The summed E-state index contributed by atoms with van der Waals surface area (Å²) < 4.78 is 0. The van der Waals surface area contributed by atoms with E-state index in [2.05, 4.69) is 64.4 Å². The zero-order valence-corrected chi connectivity index (χ0v) is 13.2. The molecule has 4 heteroatoms. The Morgan fingerprint density at radius 3 is 3.09 bits per heavy atom. The van der Waals surface area contributed by atoms with Gasteiger partial charge in [0.05, 0.1) is 10.8 Å². The van der Waals surface area contributed by atoms with Crippen molar-refractivity contribution in [3.63, 3.8) is 0 Å². The van der Waals surface area contributed by atoms with E-state index in [1.165, 1.54) is 10.5 Å². The van der Waals surface area contributed by atoms with Gasteiger partial charge in [0.25, 0.3) is 0 Å². The summed E-state index contributed by atoms with van der Waals surface area (Å²) in [5, 5.41) is 0.247. The number of aromatic nitrogens is 3. The normalized spacial score (nSPS) is 21.0. The molecule has 1 atom stereocenters. The number of nitrogens with zero attached hydrogens (tertiary/aromatic N) is 2. The monoisotopic (exact) mass is 307 g/mol. The molecule has 2 aromatic rings. The Hall–Kier alpha value is -2.07. The molecule has 0 aromatic carbocycles. The van der Waals surface area contributed by atoms with E-state index in [1.54, 1.807) is 0 Å². The van der Waals surface area contributed by atoms with Crippen LogP contribution in [0.2, 0.25) is 0 Å². The third-order valence-corrected chi connectivity index (χ3v) is 5.03. The first-order chi connectivity index (χ1) is 10.8. The average Bonchev–Trinajstić information content (AvgIpc) is 2.99. The minimum Gasteiger partial charge on any atom is -0.339 e. The summed E-state index contributed by atoms with van der Waals surface area (Å²) in [5.41, 5.74) is 4.21. The second kappa shape index (κ2) is 5.61. The van der Waals surface area contributed by atoms with Gasteiger partial charge in [0, 0.05) is 11.8 Å². The van der Waals surface area contributed by atoms with Gasteiger partial charge in [-0.1, -0.05) is 36.5 Å². The zero-order chi connectivity index (χ0) is 14.9. The Bertz CT molecular complexity index is 839. The van der Waals surface area contributed by atoms with Crippen molar-refractivity contribution in [2.45, 2.75) is 25.0 Å². The molecule has 110 valence electrons. The summed E-state index contributed by atoms with van der Waals surface area (Å²) in [5.74, 6) is 0.974. The highest BCUT2D eigenvalue weighted by Gasteiger charge is 2.17. The van der Waals surface area contributed by atoms with Crippen molar-refractivity contribution in [1.82, 2.24) is 15.0 Å². The van der Waals surface area contributed by atoms with Crippen LogP contribution >= 0.6 is 11.8 Å². The van der Waals surface area contributed by atoms with E-state index in [9.17, 15) is 0 Å². The lowest BCUT2D eigenvalue weighted by Crippen LogP contribution is -1.95. The Balaban J connectivity index is 1.69. The van der Waals surface area contributed by atoms with Gasteiger partial charge in [-0.3, -0.25) is 0 Å². The van der Waals surface area contributed by atoms with Crippen molar-refractivity contribution in [3.05, 3.63) is 65.0 Å². The molecule has 2 aliphatic rings. The molecule has 3 heterocycles. The smallest absolute Gasteiger partial charge is 0.177 e. The van der Waals surface area contributed by atoms with Gasteiger partial charge in [0.15, 0.2) is 5.65 Å². The maximum absolute atomic E-state index is 4.65. The van der Waals surface area contributed by atoms with Crippen molar-refractivity contribution in [3.8, 4) is 0 Å². The van der Waals surface area contributed by atoms with E-state index in [4.69, 9.17) is 0 Å². The summed E-state index contributed by atoms with van der Waals surface area (Å²) >= 11 is 1.82. The number of fused-ring (bicyclic) bond motifs is 1. The Kier molecular flexibility index (Phi) is 3.47. The van der Waals surface area contributed by atoms with Crippen LogP contribution in [0.1, 0.15) is 36.4 Å². The lowest BCUT2D eigenvalue weighted by molar-refractivity contribution is 1.04. The molecule has 4 rings (SSSR count). The first-order valence-electron chi connectivity index (χ1n) is 7.54. The van der Waals surface area contributed by atoms with Gasteiger partial charge in [-0.25, -0.2) is 9.97 Å². The van der Waals surface area contributed by atoms with Crippen LogP contribution in [0, 0.1) is 0 Å². The average molecular weight is 307 g/mol. The molecule has 0 fully saturated rings. The van der Waals surface area contributed by atoms with Crippen molar-refractivity contribution < 1.29 is 0 Å². The molecular formula is C18H17N3S. The number of imidazole rings is 1. The maximum atomic E-state index is 4.65. The maximum Gasteiger partial charge on any atom is 0.177 e. The van der Waals surface area contributed by atoms with E-state index >= 15 is 0 Å². The minimum absolute atomic E-state index is 0.247. The highest BCUT2D eigenvalue weighted by molar-refractivity contribution is 8.03. The third-order valence-electron chi connectivity index (χ3n) is 3.88. The van der Waals surface area contributed by atoms with E-state index in [-0.39, 0.29) is 5.25 Å². The Labute approximate surface area is 133 Å². The van der Waals surface area contributed by atoms with E-state index in [0.29, 0.717) is 0 Å². The molecule has 1 aliphatic carbocycles. The van der Waals surface area contributed by atoms with Gasteiger partial charge in [0.2, 0.25) is 0 Å². The summed E-state index contributed by atoms with van der Waals surface area (Å²) in [7, 11) is 0. The number of hydrogen-bond donors (Lipinski definition) is 1. The minimum atomic E-state index is 0.247. The van der Waals surface area contributed by atoms with Crippen LogP contribution in [0.25, 0.3) is 16.7 Å². The molecule has 1 aliphatic heterocycles. The zero-order valence-electron chi connectivity index (χ0n) is 12.4. The Morgan fingerprint density at radius 1 is 1.32 bits per heavy atom. The highest BCUT2D eigenvalue weighted by Crippen LogP contribution is 2.37. The largest absolute Gasteiger partial charge is 0.339 e. The molecule has 0 saturated heterocycles. The van der Waals surface area contributed by atoms with Crippen molar-refractivity contribution >= 4 is 28.5 Å². The van der Waals surface area contributed by atoms with Gasteiger partial charge in [-0.15, -0.1) is 11.8 Å². The number of nitrogens with one attached hydrogen (secondary N) is 1. The summed E-state index contributed by atoms with van der Waals surface area (Å²) in [6.45, 7) is 2.13. The van der Waals surface area contributed by atoms with Crippen molar-refractivity contribution in [1.29, 1.82) is 0 Å². The van der Waals surface area contributed by atoms with Gasteiger partial charge < -0.3 is 4.98 Å². The summed E-state index contributed by atoms with van der Waals surface area (Å²) in [6, 6.07) is 2.15. The molecule has 0 bridgehead atoms. The van der Waals surface area contributed by atoms with Crippen LogP contribution < -0.4 is 0 Å². The molecule has 0 saturated carbocycles. The predicted octanol–water partition coefficient (Wildman–Crippen LogP) is 4.94. The van der Waals surface area contributed by atoms with Crippen LogP contribution in [0.5, 0.6) is 0 Å². The first-order valence-corrected chi connectivity index (χ1v) is 8.42.